The monoisotopic (exact) mass is 301 g/mol. The van der Waals surface area contributed by atoms with Gasteiger partial charge in [0.2, 0.25) is 0 Å². The van der Waals surface area contributed by atoms with Crippen molar-refractivity contribution in [3.05, 3.63) is 11.9 Å². The number of methoxy groups -OCH3 is 1. The molecule has 3 N–H and O–H groups in total. The Balaban J connectivity index is 2.83. The van der Waals surface area contributed by atoms with E-state index in [1.54, 1.807) is 13.3 Å². The van der Waals surface area contributed by atoms with E-state index in [2.05, 4.69) is 36.4 Å². The quantitative estimate of drug-likeness (QED) is 0.383. The summed E-state index contributed by atoms with van der Waals surface area (Å²) in [5.74, 6) is 8.56. The minimum Gasteiger partial charge on any atom is -0.493 e. The minimum absolute atomic E-state index is 0.0474. The highest BCUT2D eigenvalue weighted by molar-refractivity contribution is 7.99. The normalized spacial score (nSPS) is 12.9. The molecule has 7 heteroatoms. The predicted molar refractivity (Wildman–Crippen MR) is 85.0 cm³/mol. The lowest BCUT2D eigenvalue weighted by Gasteiger charge is -2.19. The highest BCUT2D eigenvalue weighted by Gasteiger charge is 2.21. The lowest BCUT2D eigenvalue weighted by Crippen LogP contribution is -2.32. The first kappa shape index (κ1) is 17.3. The number of nitrogens with one attached hydrogen (secondary N) is 1. The molecular formula is C13H27N5OS. The van der Waals surface area contributed by atoms with Gasteiger partial charge in [-0.2, -0.15) is 16.9 Å². The van der Waals surface area contributed by atoms with Crippen LogP contribution in [0.15, 0.2) is 6.20 Å². The van der Waals surface area contributed by atoms with E-state index < -0.39 is 0 Å². The van der Waals surface area contributed by atoms with Crippen LogP contribution in [0.25, 0.3) is 0 Å². The molecule has 1 unspecified atom stereocenters. The molecule has 6 nitrogen and oxygen atoms in total. The Morgan fingerprint density at radius 1 is 1.55 bits per heavy atom. The van der Waals surface area contributed by atoms with Crippen LogP contribution in [0.3, 0.4) is 0 Å². The van der Waals surface area contributed by atoms with Gasteiger partial charge in [-0.1, -0.05) is 6.92 Å². The third-order valence-corrected chi connectivity index (χ3v) is 4.25. The zero-order valence-corrected chi connectivity index (χ0v) is 13.7. The Kier molecular flexibility index (Phi) is 7.98. The molecular weight excluding hydrogens is 274 g/mol. The second-order valence-corrected chi connectivity index (χ2v) is 6.07. The topological polar surface area (TPSA) is 68.3 Å². The highest BCUT2D eigenvalue weighted by Crippen LogP contribution is 2.27. The summed E-state index contributed by atoms with van der Waals surface area (Å²) in [6.07, 6.45) is 2.93. The van der Waals surface area contributed by atoms with Gasteiger partial charge in [0.05, 0.1) is 31.6 Å². The Morgan fingerprint density at radius 3 is 2.85 bits per heavy atom. The van der Waals surface area contributed by atoms with Crippen LogP contribution < -0.4 is 16.0 Å². The van der Waals surface area contributed by atoms with Crippen LogP contribution in [0.5, 0.6) is 5.75 Å². The van der Waals surface area contributed by atoms with Crippen molar-refractivity contribution in [3.8, 4) is 5.75 Å². The van der Waals surface area contributed by atoms with E-state index in [1.165, 1.54) is 6.42 Å². The van der Waals surface area contributed by atoms with E-state index in [4.69, 9.17) is 10.6 Å². The molecule has 0 amide bonds. The first-order valence-electron chi connectivity index (χ1n) is 6.92. The molecule has 116 valence electrons. The number of aromatic nitrogens is 2. The second kappa shape index (κ2) is 9.23. The summed E-state index contributed by atoms with van der Waals surface area (Å²) >= 11 is 1.89. The van der Waals surface area contributed by atoms with Gasteiger partial charge in [-0.25, -0.2) is 0 Å². The molecule has 0 radical (unpaired) electrons. The number of hydrazine groups is 1. The largest absolute Gasteiger partial charge is 0.493 e. The molecule has 1 aromatic rings. The Morgan fingerprint density at radius 2 is 2.30 bits per heavy atom. The minimum atomic E-state index is 0.0474. The number of thioether (sulfide) groups is 1. The van der Waals surface area contributed by atoms with Crippen LogP contribution >= 0.6 is 11.8 Å². The number of hydrogen-bond acceptors (Lipinski definition) is 6. The molecule has 0 fully saturated rings. The number of rotatable bonds is 10. The standard InChI is InChI=1S/C13H27N5OS/c1-5-8-20-10-11(16-14)13-12(19-4)9-15-18(13)7-6-17(2)3/h9,11,16H,5-8,10,14H2,1-4H3. The summed E-state index contributed by atoms with van der Waals surface area (Å²) in [5, 5.41) is 4.42. The Labute approximate surface area is 126 Å². The van der Waals surface area contributed by atoms with E-state index in [0.29, 0.717) is 0 Å². The lowest BCUT2D eigenvalue weighted by molar-refractivity contribution is 0.358. The van der Waals surface area contributed by atoms with Gasteiger partial charge in [0.25, 0.3) is 0 Å². The first-order chi connectivity index (χ1) is 9.63. The number of likely N-dealkylation sites (N-methyl/N-ethyl adjacent to an activating group) is 1. The van der Waals surface area contributed by atoms with E-state index in [9.17, 15) is 0 Å². The van der Waals surface area contributed by atoms with Crippen LogP contribution in [0.2, 0.25) is 0 Å². The summed E-state index contributed by atoms with van der Waals surface area (Å²) < 4.78 is 7.40. The number of ether oxygens (including phenoxy) is 1. The average Bonchev–Trinajstić information content (AvgIpc) is 2.84. The summed E-state index contributed by atoms with van der Waals surface area (Å²) in [5.41, 5.74) is 3.92. The Bertz CT molecular complexity index is 383. The summed E-state index contributed by atoms with van der Waals surface area (Å²) in [6, 6.07) is 0.0474. The van der Waals surface area contributed by atoms with Crippen LogP contribution in [-0.4, -0.2) is 53.9 Å². The molecule has 0 aliphatic heterocycles. The van der Waals surface area contributed by atoms with Gasteiger partial charge in [0.15, 0.2) is 5.75 Å². The smallest absolute Gasteiger partial charge is 0.161 e. The maximum atomic E-state index is 5.72. The molecule has 1 atom stereocenters. The third-order valence-electron chi connectivity index (χ3n) is 2.99. The van der Waals surface area contributed by atoms with Crippen molar-refractivity contribution in [2.75, 3.05) is 39.3 Å². The Hall–Kier alpha value is -0.760. The van der Waals surface area contributed by atoms with Crippen LogP contribution in [-0.2, 0) is 6.54 Å². The van der Waals surface area contributed by atoms with Crippen molar-refractivity contribution < 1.29 is 4.74 Å². The molecule has 0 spiro atoms. The summed E-state index contributed by atoms with van der Waals surface area (Å²) in [6.45, 7) is 3.93. The molecule has 0 saturated heterocycles. The number of nitrogens with zero attached hydrogens (tertiary/aromatic N) is 3. The second-order valence-electron chi connectivity index (χ2n) is 4.92. The molecule has 0 aliphatic rings. The van der Waals surface area contributed by atoms with E-state index >= 15 is 0 Å². The molecule has 0 aromatic carbocycles. The fourth-order valence-corrected chi connectivity index (χ4v) is 2.86. The molecule has 1 rings (SSSR count). The SMILES string of the molecule is CCCSCC(NN)c1c(OC)cnn1CCN(C)C. The predicted octanol–water partition coefficient (Wildman–Crippen LogP) is 1.10. The molecule has 1 heterocycles. The number of nitrogens with two attached hydrogens (primary N) is 1. The van der Waals surface area contributed by atoms with Gasteiger partial charge >= 0.3 is 0 Å². The fraction of sp³-hybridized carbons (Fsp3) is 0.769. The van der Waals surface area contributed by atoms with Crippen molar-refractivity contribution in [2.45, 2.75) is 25.9 Å². The fourth-order valence-electron chi connectivity index (χ4n) is 1.91. The van der Waals surface area contributed by atoms with Gasteiger partial charge in [-0.05, 0) is 26.3 Å². The maximum absolute atomic E-state index is 5.72. The average molecular weight is 301 g/mol. The molecule has 20 heavy (non-hydrogen) atoms. The van der Waals surface area contributed by atoms with Crippen molar-refractivity contribution >= 4 is 11.8 Å². The van der Waals surface area contributed by atoms with Gasteiger partial charge in [-0.3, -0.25) is 16.0 Å². The van der Waals surface area contributed by atoms with E-state index in [0.717, 1.165) is 36.0 Å². The van der Waals surface area contributed by atoms with Crippen LogP contribution in [0.1, 0.15) is 25.1 Å². The van der Waals surface area contributed by atoms with Gasteiger partial charge < -0.3 is 9.64 Å². The number of hydrogen-bond donors (Lipinski definition) is 2. The first-order valence-corrected chi connectivity index (χ1v) is 8.07. The van der Waals surface area contributed by atoms with Crippen molar-refractivity contribution in [1.82, 2.24) is 20.1 Å². The van der Waals surface area contributed by atoms with E-state index in [1.807, 2.05) is 16.4 Å². The molecule has 1 aromatic heterocycles. The maximum Gasteiger partial charge on any atom is 0.161 e. The van der Waals surface area contributed by atoms with Gasteiger partial charge in [0, 0.05) is 12.3 Å². The van der Waals surface area contributed by atoms with Crippen LogP contribution in [0, 0.1) is 0 Å². The zero-order chi connectivity index (χ0) is 15.0. The van der Waals surface area contributed by atoms with Crippen LogP contribution in [0.4, 0.5) is 0 Å². The lowest BCUT2D eigenvalue weighted by atomic mass is 10.2. The van der Waals surface area contributed by atoms with E-state index in [-0.39, 0.29) is 6.04 Å². The van der Waals surface area contributed by atoms with Gasteiger partial charge in [0.1, 0.15) is 0 Å². The van der Waals surface area contributed by atoms with Crippen molar-refractivity contribution in [3.63, 3.8) is 0 Å². The van der Waals surface area contributed by atoms with Crippen molar-refractivity contribution in [2.24, 2.45) is 5.84 Å². The molecule has 0 bridgehead atoms. The van der Waals surface area contributed by atoms with Crippen molar-refractivity contribution in [1.29, 1.82) is 0 Å². The molecule has 0 saturated carbocycles. The highest BCUT2D eigenvalue weighted by atomic mass is 32.2. The summed E-state index contributed by atoms with van der Waals surface area (Å²) in [4.78, 5) is 2.13. The zero-order valence-electron chi connectivity index (χ0n) is 12.9. The molecule has 0 aliphatic carbocycles. The van der Waals surface area contributed by atoms with Gasteiger partial charge in [-0.15, -0.1) is 0 Å². The summed E-state index contributed by atoms with van der Waals surface area (Å²) in [7, 11) is 5.77. The third kappa shape index (κ3) is 4.97.